The summed E-state index contributed by atoms with van der Waals surface area (Å²) in [7, 11) is 0. The van der Waals surface area contributed by atoms with Crippen LogP contribution in [0.1, 0.15) is 55.8 Å². The van der Waals surface area contributed by atoms with E-state index in [1.807, 2.05) is 12.1 Å². The van der Waals surface area contributed by atoms with Crippen LogP contribution >= 0.6 is 0 Å². The van der Waals surface area contributed by atoms with Crippen LogP contribution < -0.4 is 10.1 Å². The Labute approximate surface area is 126 Å². The third-order valence-electron chi connectivity index (χ3n) is 3.93. The molecule has 0 radical (unpaired) electrons. The summed E-state index contributed by atoms with van der Waals surface area (Å²) in [5, 5.41) is 12.8. The van der Waals surface area contributed by atoms with E-state index in [9.17, 15) is 9.90 Å². The van der Waals surface area contributed by atoms with Gasteiger partial charge in [0, 0.05) is 5.56 Å². The largest absolute Gasteiger partial charge is 0.494 e. The summed E-state index contributed by atoms with van der Waals surface area (Å²) in [5.74, 6) is 0.666. The highest BCUT2D eigenvalue weighted by Gasteiger charge is 2.24. The summed E-state index contributed by atoms with van der Waals surface area (Å²) in [6.45, 7) is 2.83. The second-order valence-electron chi connectivity index (χ2n) is 5.66. The maximum atomic E-state index is 12.2. The van der Waals surface area contributed by atoms with Crippen molar-refractivity contribution >= 4 is 5.91 Å². The Kier molecular flexibility index (Phi) is 6.05. The second kappa shape index (κ2) is 8.03. The SMILES string of the molecule is CCCCOc1ccc(C(=O)NC2CCCCC2O)cc1. The summed E-state index contributed by atoms with van der Waals surface area (Å²) < 4.78 is 5.58. The molecule has 1 aliphatic carbocycles. The number of hydrogen-bond donors (Lipinski definition) is 2. The summed E-state index contributed by atoms with van der Waals surface area (Å²) in [6, 6.07) is 7.06. The van der Waals surface area contributed by atoms with Gasteiger partial charge in [-0.05, 0) is 43.5 Å². The number of amides is 1. The van der Waals surface area contributed by atoms with Gasteiger partial charge in [0.05, 0.1) is 18.8 Å². The van der Waals surface area contributed by atoms with E-state index in [-0.39, 0.29) is 11.9 Å². The smallest absolute Gasteiger partial charge is 0.251 e. The molecule has 0 aromatic heterocycles. The van der Waals surface area contributed by atoms with Crippen LogP contribution in [0.25, 0.3) is 0 Å². The standard InChI is InChI=1S/C17H25NO3/c1-2-3-12-21-14-10-8-13(9-11-14)17(20)18-15-6-4-5-7-16(15)19/h8-11,15-16,19H,2-7,12H2,1H3,(H,18,20). The molecule has 0 spiro atoms. The number of benzene rings is 1. The van der Waals surface area contributed by atoms with Crippen LogP contribution in [0.4, 0.5) is 0 Å². The molecule has 116 valence electrons. The molecule has 1 saturated carbocycles. The second-order valence-corrected chi connectivity index (χ2v) is 5.66. The van der Waals surface area contributed by atoms with Crippen LogP contribution in [0.5, 0.6) is 5.75 Å². The number of carbonyl (C=O) groups excluding carboxylic acids is 1. The quantitative estimate of drug-likeness (QED) is 0.792. The van der Waals surface area contributed by atoms with Gasteiger partial charge in [-0.1, -0.05) is 26.2 Å². The van der Waals surface area contributed by atoms with Crippen molar-refractivity contribution in [2.75, 3.05) is 6.61 Å². The van der Waals surface area contributed by atoms with E-state index in [0.717, 1.165) is 44.3 Å². The molecule has 2 unspecified atom stereocenters. The van der Waals surface area contributed by atoms with E-state index in [1.54, 1.807) is 12.1 Å². The van der Waals surface area contributed by atoms with Crippen molar-refractivity contribution in [1.29, 1.82) is 0 Å². The molecule has 1 aromatic carbocycles. The molecular formula is C17H25NO3. The predicted molar refractivity (Wildman–Crippen MR) is 82.6 cm³/mol. The van der Waals surface area contributed by atoms with Crippen molar-refractivity contribution in [3.8, 4) is 5.75 Å². The lowest BCUT2D eigenvalue weighted by Gasteiger charge is -2.28. The van der Waals surface area contributed by atoms with Gasteiger partial charge in [-0.2, -0.15) is 0 Å². The Morgan fingerprint density at radius 3 is 2.67 bits per heavy atom. The van der Waals surface area contributed by atoms with E-state index in [1.165, 1.54) is 0 Å². The van der Waals surface area contributed by atoms with Crippen molar-refractivity contribution < 1.29 is 14.6 Å². The Balaban J connectivity index is 1.87. The van der Waals surface area contributed by atoms with Crippen molar-refractivity contribution in [2.45, 2.75) is 57.6 Å². The maximum absolute atomic E-state index is 12.2. The van der Waals surface area contributed by atoms with Crippen LogP contribution in [0, 0.1) is 0 Å². The molecule has 2 rings (SSSR count). The first-order valence-corrected chi connectivity index (χ1v) is 7.92. The highest BCUT2D eigenvalue weighted by atomic mass is 16.5. The van der Waals surface area contributed by atoms with Crippen molar-refractivity contribution in [3.63, 3.8) is 0 Å². The summed E-state index contributed by atoms with van der Waals surface area (Å²) >= 11 is 0. The first-order chi connectivity index (χ1) is 10.2. The van der Waals surface area contributed by atoms with Crippen molar-refractivity contribution in [2.24, 2.45) is 0 Å². The third kappa shape index (κ3) is 4.74. The van der Waals surface area contributed by atoms with E-state index in [4.69, 9.17) is 4.74 Å². The van der Waals surface area contributed by atoms with Crippen molar-refractivity contribution in [3.05, 3.63) is 29.8 Å². The molecule has 4 nitrogen and oxygen atoms in total. The fourth-order valence-corrected chi connectivity index (χ4v) is 2.57. The Bertz CT molecular complexity index is 444. The molecule has 2 atom stereocenters. The number of aliphatic hydroxyl groups excluding tert-OH is 1. The minimum atomic E-state index is -0.417. The number of aliphatic hydroxyl groups is 1. The van der Waals surface area contributed by atoms with Crippen LogP contribution in [-0.2, 0) is 0 Å². The maximum Gasteiger partial charge on any atom is 0.251 e. The average molecular weight is 291 g/mol. The summed E-state index contributed by atoms with van der Waals surface area (Å²) in [6.07, 6.45) is 5.44. The van der Waals surface area contributed by atoms with Crippen LogP contribution in [0.3, 0.4) is 0 Å². The lowest BCUT2D eigenvalue weighted by Crippen LogP contribution is -2.45. The van der Waals surface area contributed by atoms with E-state index in [0.29, 0.717) is 12.2 Å². The molecule has 0 aliphatic heterocycles. The molecule has 4 heteroatoms. The average Bonchev–Trinajstić information content (AvgIpc) is 2.50. The van der Waals surface area contributed by atoms with Gasteiger partial charge >= 0.3 is 0 Å². The van der Waals surface area contributed by atoms with E-state index < -0.39 is 6.10 Å². The van der Waals surface area contributed by atoms with E-state index in [2.05, 4.69) is 12.2 Å². The molecule has 0 heterocycles. The molecular weight excluding hydrogens is 266 g/mol. The molecule has 1 amide bonds. The molecule has 1 aliphatic rings. The fourth-order valence-electron chi connectivity index (χ4n) is 2.57. The zero-order valence-electron chi connectivity index (χ0n) is 12.7. The van der Waals surface area contributed by atoms with Gasteiger partial charge in [0.25, 0.3) is 5.91 Å². The highest BCUT2D eigenvalue weighted by molar-refractivity contribution is 5.94. The monoisotopic (exact) mass is 291 g/mol. The summed E-state index contributed by atoms with van der Waals surface area (Å²) in [5.41, 5.74) is 0.607. The third-order valence-corrected chi connectivity index (χ3v) is 3.93. The highest BCUT2D eigenvalue weighted by Crippen LogP contribution is 2.19. The number of hydrogen-bond acceptors (Lipinski definition) is 3. The Hall–Kier alpha value is -1.55. The lowest BCUT2D eigenvalue weighted by atomic mass is 9.92. The first-order valence-electron chi connectivity index (χ1n) is 7.92. The van der Waals surface area contributed by atoms with Gasteiger partial charge in [0.2, 0.25) is 0 Å². The number of ether oxygens (including phenoxy) is 1. The Morgan fingerprint density at radius 2 is 2.00 bits per heavy atom. The predicted octanol–water partition coefficient (Wildman–Crippen LogP) is 2.90. The first kappa shape index (κ1) is 15.8. The number of unbranched alkanes of at least 4 members (excludes halogenated alkanes) is 1. The van der Waals surface area contributed by atoms with Gasteiger partial charge in [0.1, 0.15) is 5.75 Å². The zero-order valence-corrected chi connectivity index (χ0v) is 12.7. The van der Waals surface area contributed by atoms with Crippen LogP contribution in [0.15, 0.2) is 24.3 Å². The van der Waals surface area contributed by atoms with Gasteiger partial charge in [-0.25, -0.2) is 0 Å². The van der Waals surface area contributed by atoms with E-state index >= 15 is 0 Å². The van der Waals surface area contributed by atoms with Gasteiger partial charge in [0.15, 0.2) is 0 Å². The summed E-state index contributed by atoms with van der Waals surface area (Å²) in [4.78, 5) is 12.2. The molecule has 1 fully saturated rings. The zero-order chi connectivity index (χ0) is 15.1. The molecule has 21 heavy (non-hydrogen) atoms. The minimum Gasteiger partial charge on any atom is -0.494 e. The number of rotatable bonds is 6. The van der Waals surface area contributed by atoms with Gasteiger partial charge in [-0.3, -0.25) is 4.79 Å². The van der Waals surface area contributed by atoms with Crippen molar-refractivity contribution in [1.82, 2.24) is 5.32 Å². The Morgan fingerprint density at radius 1 is 1.29 bits per heavy atom. The number of carbonyl (C=O) groups is 1. The minimum absolute atomic E-state index is 0.119. The van der Waals surface area contributed by atoms with Crippen LogP contribution in [0.2, 0.25) is 0 Å². The van der Waals surface area contributed by atoms with Gasteiger partial charge < -0.3 is 15.2 Å². The lowest BCUT2D eigenvalue weighted by molar-refractivity contribution is 0.0717. The molecule has 2 N–H and O–H groups in total. The number of nitrogens with one attached hydrogen (secondary N) is 1. The molecule has 0 bridgehead atoms. The molecule has 0 saturated heterocycles. The van der Waals surface area contributed by atoms with Crippen LogP contribution in [-0.4, -0.2) is 29.8 Å². The van der Waals surface area contributed by atoms with Gasteiger partial charge in [-0.15, -0.1) is 0 Å². The normalized spacial score (nSPS) is 21.8. The topological polar surface area (TPSA) is 58.6 Å². The fraction of sp³-hybridized carbons (Fsp3) is 0.588. The molecule has 1 aromatic rings.